The van der Waals surface area contributed by atoms with Crippen LogP contribution in [0, 0.1) is 6.92 Å². The van der Waals surface area contributed by atoms with Crippen LogP contribution in [-0.4, -0.2) is 31.7 Å². The number of carbonyl (C=O) groups is 1. The van der Waals surface area contributed by atoms with Crippen LogP contribution in [0.3, 0.4) is 0 Å². The second-order valence-corrected chi connectivity index (χ2v) is 4.36. The van der Waals surface area contributed by atoms with Gasteiger partial charge in [0.05, 0.1) is 12.9 Å². The molecule has 0 aromatic heterocycles. The van der Waals surface area contributed by atoms with Crippen LogP contribution in [-0.2, 0) is 14.4 Å². The van der Waals surface area contributed by atoms with E-state index in [9.17, 15) is 4.79 Å². The molecule has 0 saturated heterocycles. The van der Waals surface area contributed by atoms with Gasteiger partial charge in [0.2, 0.25) is 0 Å². The maximum absolute atomic E-state index is 11.3. The Kier molecular flexibility index (Phi) is 5.56. The number of carbonyl (C=O) groups excluding carboxylic acids is 1. The van der Waals surface area contributed by atoms with Gasteiger partial charge in [-0.25, -0.2) is 4.79 Å². The average molecular weight is 253 g/mol. The zero-order valence-corrected chi connectivity index (χ0v) is 10.9. The Labute approximate surface area is 105 Å². The molecule has 0 fully saturated rings. The van der Waals surface area contributed by atoms with E-state index in [1.807, 2.05) is 31.2 Å². The lowest BCUT2D eigenvalue weighted by atomic mass is 10.2. The average Bonchev–Trinajstić information content (AvgIpc) is 2.35. The van der Waals surface area contributed by atoms with Gasteiger partial charge >= 0.3 is 5.97 Å². The van der Waals surface area contributed by atoms with Crippen molar-refractivity contribution < 1.29 is 14.4 Å². The number of benzene rings is 1. The van der Waals surface area contributed by atoms with Gasteiger partial charge in [0.1, 0.15) is 7.11 Å². The molecule has 0 heterocycles. The van der Waals surface area contributed by atoms with Crippen LogP contribution < -0.4 is 0 Å². The highest BCUT2D eigenvalue weighted by Gasteiger charge is 2.13. The zero-order chi connectivity index (χ0) is 12.7. The molecule has 0 saturated carbocycles. The molecule has 0 spiro atoms. The molecule has 0 aliphatic rings. The lowest BCUT2D eigenvalue weighted by molar-refractivity contribution is -0.132. The van der Waals surface area contributed by atoms with Crippen LogP contribution in [0.5, 0.6) is 0 Å². The lowest BCUT2D eigenvalue weighted by Crippen LogP contribution is -2.18. The molecule has 0 radical (unpaired) electrons. The fraction of sp³-hybridized carbons (Fsp3) is 0.333. The van der Waals surface area contributed by atoms with E-state index in [0.717, 1.165) is 4.90 Å². The fourth-order valence-electron chi connectivity index (χ4n) is 1.14. The van der Waals surface area contributed by atoms with Crippen molar-refractivity contribution >= 4 is 23.4 Å². The number of methoxy groups -OCH3 is 1. The monoisotopic (exact) mass is 253 g/mol. The summed E-state index contributed by atoms with van der Waals surface area (Å²) in [7, 11) is 2.73. The molecule has 0 aliphatic heterocycles. The lowest BCUT2D eigenvalue weighted by Gasteiger charge is -2.04. The van der Waals surface area contributed by atoms with Crippen molar-refractivity contribution in [3.8, 4) is 0 Å². The van der Waals surface area contributed by atoms with E-state index in [1.165, 1.54) is 31.5 Å². The Bertz CT molecular complexity index is 401. The zero-order valence-electron chi connectivity index (χ0n) is 10.1. The first-order chi connectivity index (χ1) is 8.17. The Morgan fingerprint density at radius 2 is 1.94 bits per heavy atom. The smallest absolute Gasteiger partial charge is 0.356 e. The summed E-state index contributed by atoms with van der Waals surface area (Å²) in [6, 6.07) is 8.05. The van der Waals surface area contributed by atoms with Gasteiger partial charge in [0, 0.05) is 4.90 Å². The topological polar surface area (TPSA) is 47.9 Å². The molecule has 92 valence electrons. The SMILES string of the molecule is CO/N=C(/CSc1ccc(C)cc1)C(=O)OC. The van der Waals surface area contributed by atoms with Crippen LogP contribution in [0.4, 0.5) is 0 Å². The molecule has 1 rings (SSSR count). The Hall–Kier alpha value is -1.49. The highest BCUT2D eigenvalue weighted by Crippen LogP contribution is 2.18. The third kappa shape index (κ3) is 4.48. The predicted molar refractivity (Wildman–Crippen MR) is 68.4 cm³/mol. The summed E-state index contributed by atoms with van der Waals surface area (Å²) in [4.78, 5) is 17.0. The van der Waals surface area contributed by atoms with Crippen LogP contribution in [0.2, 0.25) is 0 Å². The molecule has 0 N–H and O–H groups in total. The van der Waals surface area contributed by atoms with E-state index >= 15 is 0 Å². The Morgan fingerprint density at radius 1 is 1.29 bits per heavy atom. The summed E-state index contributed by atoms with van der Waals surface area (Å²) in [6.45, 7) is 2.03. The molecule has 17 heavy (non-hydrogen) atoms. The molecule has 1 aromatic carbocycles. The fourth-order valence-corrected chi connectivity index (χ4v) is 1.94. The number of thioether (sulfide) groups is 1. The van der Waals surface area contributed by atoms with Crippen molar-refractivity contribution in [2.75, 3.05) is 20.0 Å². The minimum Gasteiger partial charge on any atom is -0.464 e. The molecule has 1 aromatic rings. The number of hydrogen-bond acceptors (Lipinski definition) is 5. The maximum atomic E-state index is 11.3. The molecular formula is C12H15NO3S. The molecule has 0 unspecified atom stereocenters. The van der Waals surface area contributed by atoms with Gasteiger partial charge in [-0.15, -0.1) is 11.8 Å². The number of ether oxygens (including phenoxy) is 1. The summed E-state index contributed by atoms with van der Waals surface area (Å²) >= 11 is 1.51. The normalized spacial score (nSPS) is 11.1. The second kappa shape index (κ2) is 6.96. The minimum atomic E-state index is -0.466. The third-order valence-electron chi connectivity index (χ3n) is 2.02. The quantitative estimate of drug-likeness (QED) is 0.349. The molecule has 0 atom stereocenters. The first-order valence-corrected chi connectivity index (χ1v) is 6.03. The van der Waals surface area contributed by atoms with Gasteiger partial charge in [-0.2, -0.15) is 0 Å². The number of oxime groups is 1. The first kappa shape index (κ1) is 13.6. The standard InChI is InChI=1S/C12H15NO3S/c1-9-4-6-10(7-5-9)17-8-11(13-16-3)12(14)15-2/h4-7H,8H2,1-3H3/b13-11-. The van der Waals surface area contributed by atoms with Crippen LogP contribution in [0.1, 0.15) is 5.56 Å². The van der Waals surface area contributed by atoms with Crippen molar-refractivity contribution in [1.82, 2.24) is 0 Å². The second-order valence-electron chi connectivity index (χ2n) is 3.31. The summed E-state index contributed by atoms with van der Waals surface area (Å²) < 4.78 is 4.61. The van der Waals surface area contributed by atoms with Crippen LogP contribution in [0.25, 0.3) is 0 Å². The molecular weight excluding hydrogens is 238 g/mol. The van der Waals surface area contributed by atoms with E-state index in [1.54, 1.807) is 0 Å². The van der Waals surface area contributed by atoms with Crippen LogP contribution >= 0.6 is 11.8 Å². The summed E-state index contributed by atoms with van der Waals surface area (Å²) in [6.07, 6.45) is 0. The van der Waals surface area contributed by atoms with Crippen molar-refractivity contribution in [3.05, 3.63) is 29.8 Å². The van der Waals surface area contributed by atoms with E-state index < -0.39 is 5.97 Å². The van der Waals surface area contributed by atoms with Crippen molar-refractivity contribution in [2.45, 2.75) is 11.8 Å². The molecule has 0 aliphatic carbocycles. The van der Waals surface area contributed by atoms with E-state index in [2.05, 4.69) is 14.7 Å². The Balaban J connectivity index is 2.61. The highest BCUT2D eigenvalue weighted by atomic mass is 32.2. The summed E-state index contributed by atoms with van der Waals surface area (Å²) in [5.74, 6) is -0.0460. The maximum Gasteiger partial charge on any atom is 0.356 e. The number of aryl methyl sites for hydroxylation is 1. The van der Waals surface area contributed by atoms with E-state index in [4.69, 9.17) is 0 Å². The largest absolute Gasteiger partial charge is 0.464 e. The highest BCUT2D eigenvalue weighted by molar-refractivity contribution is 8.00. The molecule has 4 nitrogen and oxygen atoms in total. The Morgan fingerprint density at radius 3 is 2.47 bits per heavy atom. The van der Waals surface area contributed by atoms with Crippen molar-refractivity contribution in [2.24, 2.45) is 5.16 Å². The van der Waals surface area contributed by atoms with Gasteiger partial charge < -0.3 is 9.57 Å². The molecule has 0 bridgehead atoms. The predicted octanol–water partition coefficient (Wildman–Crippen LogP) is 2.26. The number of esters is 1. The number of nitrogens with zero attached hydrogens (tertiary/aromatic N) is 1. The summed E-state index contributed by atoms with van der Waals surface area (Å²) in [5.41, 5.74) is 1.47. The van der Waals surface area contributed by atoms with Crippen molar-refractivity contribution in [3.63, 3.8) is 0 Å². The van der Waals surface area contributed by atoms with E-state index in [0.29, 0.717) is 5.75 Å². The van der Waals surface area contributed by atoms with Crippen molar-refractivity contribution in [1.29, 1.82) is 0 Å². The first-order valence-electron chi connectivity index (χ1n) is 5.05. The van der Waals surface area contributed by atoms with Crippen LogP contribution in [0.15, 0.2) is 34.3 Å². The minimum absolute atomic E-state index is 0.264. The third-order valence-corrected chi connectivity index (χ3v) is 3.04. The number of rotatable bonds is 5. The van der Waals surface area contributed by atoms with E-state index in [-0.39, 0.29) is 5.71 Å². The van der Waals surface area contributed by atoms with Gasteiger partial charge in [0.25, 0.3) is 0 Å². The van der Waals surface area contributed by atoms with Gasteiger partial charge in [-0.3, -0.25) is 0 Å². The van der Waals surface area contributed by atoms with Gasteiger partial charge in [-0.05, 0) is 19.1 Å². The van der Waals surface area contributed by atoms with Gasteiger partial charge in [-0.1, -0.05) is 22.9 Å². The molecule has 5 heteroatoms. The van der Waals surface area contributed by atoms with Gasteiger partial charge in [0.15, 0.2) is 5.71 Å². The summed E-state index contributed by atoms with van der Waals surface area (Å²) in [5, 5.41) is 3.65. The molecule has 0 amide bonds. The number of hydrogen-bond donors (Lipinski definition) is 0.